The molecule has 0 radical (unpaired) electrons. The fourth-order valence-corrected chi connectivity index (χ4v) is 2.91. The first-order valence-electron chi connectivity index (χ1n) is 8.15. The van der Waals surface area contributed by atoms with E-state index >= 15 is 0 Å². The van der Waals surface area contributed by atoms with Crippen molar-refractivity contribution in [2.24, 2.45) is 0 Å². The van der Waals surface area contributed by atoms with E-state index in [1.807, 2.05) is 31.2 Å². The van der Waals surface area contributed by atoms with Crippen molar-refractivity contribution in [3.05, 3.63) is 35.7 Å². The van der Waals surface area contributed by atoms with Gasteiger partial charge in [-0.2, -0.15) is 0 Å². The monoisotopic (exact) mass is 346 g/mol. The van der Waals surface area contributed by atoms with Crippen LogP contribution in [0.3, 0.4) is 0 Å². The molecule has 134 valence electrons. The van der Waals surface area contributed by atoms with Gasteiger partial charge >= 0.3 is 5.97 Å². The highest BCUT2D eigenvalue weighted by atomic mass is 16.7. The Kier molecular flexibility index (Phi) is 5.35. The van der Waals surface area contributed by atoms with E-state index in [9.17, 15) is 4.79 Å². The molecule has 2 aromatic rings. The number of aromatic nitrogens is 2. The van der Waals surface area contributed by atoms with Gasteiger partial charge in [0.15, 0.2) is 12.5 Å². The third kappa shape index (κ3) is 3.67. The summed E-state index contributed by atoms with van der Waals surface area (Å²) in [5.41, 5.74) is 2.11. The molecule has 0 bridgehead atoms. The third-order valence-corrected chi connectivity index (χ3v) is 4.09. The van der Waals surface area contributed by atoms with Crippen LogP contribution in [-0.2, 0) is 27.2 Å². The second-order valence-corrected chi connectivity index (χ2v) is 5.84. The summed E-state index contributed by atoms with van der Waals surface area (Å²) < 4.78 is 23.0. The lowest BCUT2D eigenvalue weighted by atomic mass is 10.2. The first kappa shape index (κ1) is 17.4. The predicted molar refractivity (Wildman–Crippen MR) is 90.6 cm³/mol. The van der Waals surface area contributed by atoms with Gasteiger partial charge in [-0.1, -0.05) is 0 Å². The van der Waals surface area contributed by atoms with Crippen molar-refractivity contribution in [1.29, 1.82) is 0 Å². The second-order valence-electron chi connectivity index (χ2n) is 5.84. The molecule has 1 aliphatic heterocycles. The van der Waals surface area contributed by atoms with Crippen LogP contribution in [0.1, 0.15) is 23.1 Å². The Morgan fingerprint density at radius 3 is 2.76 bits per heavy atom. The van der Waals surface area contributed by atoms with Crippen LogP contribution in [-0.4, -0.2) is 49.2 Å². The van der Waals surface area contributed by atoms with Crippen LogP contribution in [0.4, 0.5) is 0 Å². The number of esters is 1. The van der Waals surface area contributed by atoms with Gasteiger partial charge in [0.2, 0.25) is 0 Å². The maximum Gasteiger partial charge on any atom is 0.358 e. The average Bonchev–Trinajstić information content (AvgIpc) is 2.86. The second kappa shape index (κ2) is 7.67. The number of methoxy groups -OCH3 is 2. The fraction of sp³-hybridized carbons (Fsp3) is 0.444. The van der Waals surface area contributed by atoms with Crippen molar-refractivity contribution in [1.82, 2.24) is 9.55 Å². The Labute approximate surface area is 146 Å². The molecule has 0 spiro atoms. The van der Waals surface area contributed by atoms with Crippen molar-refractivity contribution in [2.45, 2.75) is 26.0 Å². The summed E-state index contributed by atoms with van der Waals surface area (Å²) in [5, 5.41) is 0. The topological polar surface area (TPSA) is 71.8 Å². The summed E-state index contributed by atoms with van der Waals surface area (Å²) in [6.07, 6.45) is 0.667. The number of hydrogen-bond donors (Lipinski definition) is 0. The van der Waals surface area contributed by atoms with Crippen LogP contribution in [0, 0.1) is 0 Å². The molecule has 1 atom stereocenters. The van der Waals surface area contributed by atoms with E-state index in [0.717, 1.165) is 17.1 Å². The lowest BCUT2D eigenvalue weighted by Crippen LogP contribution is -2.15. The van der Waals surface area contributed by atoms with E-state index in [0.29, 0.717) is 31.0 Å². The number of hydrogen-bond acceptors (Lipinski definition) is 6. The molecule has 1 aromatic carbocycles. The first-order chi connectivity index (χ1) is 12.1. The standard InChI is InChI=1S/C18H22N2O5/c1-12-10-20-15(8-9-24-12)16(18(21)23-3)19-17(20)13-4-6-14(7-5-13)25-11-22-2/h4-7,12H,8-11H2,1-3H3/t12-/m1/s1. The normalized spacial score (nSPS) is 16.8. The highest BCUT2D eigenvalue weighted by molar-refractivity contribution is 5.89. The molecule has 7 heteroatoms. The Morgan fingerprint density at radius 1 is 1.32 bits per heavy atom. The number of imidazole rings is 1. The highest BCUT2D eigenvalue weighted by Crippen LogP contribution is 2.27. The molecule has 25 heavy (non-hydrogen) atoms. The Hall–Kier alpha value is -2.38. The molecule has 1 aliphatic rings. The highest BCUT2D eigenvalue weighted by Gasteiger charge is 2.26. The molecule has 1 aromatic heterocycles. The van der Waals surface area contributed by atoms with Crippen molar-refractivity contribution >= 4 is 5.97 Å². The molecule has 7 nitrogen and oxygen atoms in total. The lowest BCUT2D eigenvalue weighted by molar-refractivity contribution is 0.0511. The van der Waals surface area contributed by atoms with Crippen LogP contribution in [0.25, 0.3) is 11.4 Å². The van der Waals surface area contributed by atoms with E-state index in [-0.39, 0.29) is 12.9 Å². The van der Waals surface area contributed by atoms with Gasteiger partial charge < -0.3 is 23.5 Å². The van der Waals surface area contributed by atoms with Crippen LogP contribution >= 0.6 is 0 Å². The Balaban J connectivity index is 2.00. The van der Waals surface area contributed by atoms with Gasteiger partial charge in [-0.15, -0.1) is 0 Å². The minimum absolute atomic E-state index is 0.0454. The van der Waals surface area contributed by atoms with Gasteiger partial charge in [-0.3, -0.25) is 0 Å². The molecule has 0 saturated heterocycles. The van der Waals surface area contributed by atoms with Gasteiger partial charge in [0.05, 0.1) is 32.1 Å². The zero-order chi connectivity index (χ0) is 17.8. The minimum Gasteiger partial charge on any atom is -0.468 e. The van der Waals surface area contributed by atoms with E-state index < -0.39 is 5.97 Å². The number of nitrogens with zero attached hydrogens (tertiary/aromatic N) is 2. The number of benzene rings is 1. The molecule has 0 amide bonds. The molecule has 3 rings (SSSR count). The van der Waals surface area contributed by atoms with Gasteiger partial charge in [0.25, 0.3) is 0 Å². The molecule has 0 fully saturated rings. The molecule has 2 heterocycles. The summed E-state index contributed by atoms with van der Waals surface area (Å²) >= 11 is 0. The molecular formula is C18H22N2O5. The number of rotatable bonds is 5. The van der Waals surface area contributed by atoms with Gasteiger partial charge in [-0.05, 0) is 31.2 Å². The number of carbonyl (C=O) groups is 1. The minimum atomic E-state index is -0.426. The van der Waals surface area contributed by atoms with E-state index in [2.05, 4.69) is 9.55 Å². The van der Waals surface area contributed by atoms with E-state index in [1.165, 1.54) is 7.11 Å². The fourth-order valence-electron chi connectivity index (χ4n) is 2.91. The zero-order valence-electron chi connectivity index (χ0n) is 14.7. The van der Waals surface area contributed by atoms with Gasteiger partial charge in [0.1, 0.15) is 11.6 Å². The average molecular weight is 346 g/mol. The first-order valence-corrected chi connectivity index (χ1v) is 8.15. The smallest absolute Gasteiger partial charge is 0.358 e. The largest absolute Gasteiger partial charge is 0.468 e. The number of ether oxygens (including phenoxy) is 4. The lowest BCUT2D eigenvalue weighted by Gasteiger charge is -2.13. The zero-order valence-corrected chi connectivity index (χ0v) is 14.7. The molecule has 0 saturated carbocycles. The van der Waals surface area contributed by atoms with E-state index in [1.54, 1.807) is 7.11 Å². The Morgan fingerprint density at radius 2 is 2.08 bits per heavy atom. The van der Waals surface area contributed by atoms with Crippen molar-refractivity contribution < 1.29 is 23.7 Å². The third-order valence-electron chi connectivity index (χ3n) is 4.09. The van der Waals surface area contributed by atoms with Gasteiger partial charge in [-0.25, -0.2) is 9.78 Å². The molecule has 0 aliphatic carbocycles. The summed E-state index contributed by atoms with van der Waals surface area (Å²) in [6.45, 7) is 3.40. The molecular weight excluding hydrogens is 324 g/mol. The van der Waals surface area contributed by atoms with Crippen LogP contribution in [0.15, 0.2) is 24.3 Å². The molecule has 0 unspecified atom stereocenters. The molecule has 0 N–H and O–H groups in total. The maximum atomic E-state index is 12.1. The van der Waals surface area contributed by atoms with Crippen LogP contribution in [0.5, 0.6) is 5.75 Å². The maximum absolute atomic E-state index is 12.1. The van der Waals surface area contributed by atoms with Crippen molar-refractivity contribution in [2.75, 3.05) is 27.6 Å². The summed E-state index contributed by atoms with van der Waals surface area (Å²) in [5.74, 6) is 1.01. The SMILES string of the molecule is COCOc1ccc(-c2nc(C(=O)OC)c3n2C[C@@H](C)OCC3)cc1. The van der Waals surface area contributed by atoms with E-state index in [4.69, 9.17) is 18.9 Å². The van der Waals surface area contributed by atoms with Crippen LogP contribution < -0.4 is 4.74 Å². The number of carbonyl (C=O) groups excluding carboxylic acids is 1. The van der Waals surface area contributed by atoms with Crippen molar-refractivity contribution in [3.63, 3.8) is 0 Å². The van der Waals surface area contributed by atoms with Crippen LogP contribution in [0.2, 0.25) is 0 Å². The van der Waals surface area contributed by atoms with Crippen molar-refractivity contribution in [3.8, 4) is 17.1 Å². The quantitative estimate of drug-likeness (QED) is 0.611. The van der Waals surface area contributed by atoms with Gasteiger partial charge in [0, 0.05) is 19.1 Å². The number of fused-ring (bicyclic) bond motifs is 1. The summed E-state index contributed by atoms with van der Waals surface area (Å²) in [4.78, 5) is 16.7. The Bertz CT molecular complexity index is 739. The predicted octanol–water partition coefficient (Wildman–Crippen LogP) is 2.28. The summed E-state index contributed by atoms with van der Waals surface area (Å²) in [7, 11) is 2.94. The summed E-state index contributed by atoms with van der Waals surface area (Å²) in [6, 6.07) is 7.53.